The highest BCUT2D eigenvalue weighted by Gasteiger charge is 2.45. The minimum absolute atomic E-state index is 0.103. The molecule has 0 bridgehead atoms. The Morgan fingerprint density at radius 1 is 1.20 bits per heavy atom. The number of halogens is 1. The number of rotatable bonds is 3. The molecule has 4 rings (SSSR count). The van der Waals surface area contributed by atoms with Gasteiger partial charge in [-0.1, -0.05) is 36.4 Å². The molecule has 0 spiro atoms. The normalized spacial score (nSPS) is 21.0. The fraction of sp³-hybridized carbons (Fsp3) is 0.200. The lowest BCUT2D eigenvalue weighted by Crippen LogP contribution is -2.28. The molecule has 0 amide bonds. The Kier molecular flexibility index (Phi) is 3.84. The van der Waals surface area contributed by atoms with Crippen molar-refractivity contribution in [1.82, 2.24) is 0 Å². The van der Waals surface area contributed by atoms with Gasteiger partial charge in [0.1, 0.15) is 12.4 Å². The summed E-state index contributed by atoms with van der Waals surface area (Å²) in [7, 11) is 0. The number of hydrogen-bond donors (Lipinski definition) is 0. The third-order valence-electron chi connectivity index (χ3n) is 4.60. The summed E-state index contributed by atoms with van der Waals surface area (Å²) in [5.74, 6) is -2.53. The Morgan fingerprint density at radius 2 is 2.00 bits per heavy atom. The molecule has 4 nitrogen and oxygen atoms in total. The van der Waals surface area contributed by atoms with Crippen LogP contribution in [0.15, 0.2) is 54.1 Å². The van der Waals surface area contributed by atoms with E-state index in [1.807, 2.05) is 30.3 Å². The van der Waals surface area contributed by atoms with E-state index in [4.69, 9.17) is 9.47 Å². The number of ether oxygens (including phenoxy) is 2. The van der Waals surface area contributed by atoms with Crippen LogP contribution in [0.4, 0.5) is 4.39 Å². The molecule has 0 unspecified atom stereocenters. The van der Waals surface area contributed by atoms with Crippen LogP contribution in [0.3, 0.4) is 0 Å². The van der Waals surface area contributed by atoms with Gasteiger partial charge in [0.05, 0.1) is 12.5 Å². The SMILES string of the molecule is O=C1OC[C@H]2C1=Cc1ccc(F)cc1[C@@H]2C(=O)OCc1ccccc1. The summed E-state index contributed by atoms with van der Waals surface area (Å²) >= 11 is 0. The van der Waals surface area contributed by atoms with E-state index in [0.717, 1.165) is 5.56 Å². The molecule has 5 heteroatoms. The van der Waals surface area contributed by atoms with Crippen molar-refractivity contribution in [3.63, 3.8) is 0 Å². The monoisotopic (exact) mass is 338 g/mol. The number of benzene rings is 2. The van der Waals surface area contributed by atoms with Crippen LogP contribution in [-0.4, -0.2) is 18.5 Å². The average Bonchev–Trinajstić information content (AvgIpc) is 2.99. The lowest BCUT2D eigenvalue weighted by molar-refractivity contribution is -0.148. The van der Waals surface area contributed by atoms with Crippen molar-refractivity contribution in [2.45, 2.75) is 12.5 Å². The Balaban J connectivity index is 1.65. The fourth-order valence-corrected chi connectivity index (χ4v) is 3.37. The maximum atomic E-state index is 13.7. The van der Waals surface area contributed by atoms with Crippen molar-refractivity contribution in [2.24, 2.45) is 5.92 Å². The Bertz CT molecular complexity index is 873. The zero-order valence-corrected chi connectivity index (χ0v) is 13.3. The van der Waals surface area contributed by atoms with E-state index in [1.54, 1.807) is 12.1 Å². The van der Waals surface area contributed by atoms with Crippen LogP contribution in [0.1, 0.15) is 22.6 Å². The lowest BCUT2D eigenvalue weighted by atomic mass is 9.76. The van der Waals surface area contributed by atoms with Gasteiger partial charge in [-0.3, -0.25) is 4.79 Å². The van der Waals surface area contributed by atoms with Gasteiger partial charge < -0.3 is 9.47 Å². The van der Waals surface area contributed by atoms with Gasteiger partial charge in [-0.15, -0.1) is 0 Å². The molecule has 1 aliphatic heterocycles. The molecule has 25 heavy (non-hydrogen) atoms. The van der Waals surface area contributed by atoms with E-state index in [1.165, 1.54) is 12.1 Å². The molecule has 1 aliphatic carbocycles. The third-order valence-corrected chi connectivity index (χ3v) is 4.60. The average molecular weight is 338 g/mol. The van der Waals surface area contributed by atoms with Gasteiger partial charge in [0.2, 0.25) is 0 Å². The van der Waals surface area contributed by atoms with Crippen molar-refractivity contribution in [3.8, 4) is 0 Å². The summed E-state index contributed by atoms with van der Waals surface area (Å²) in [5.41, 5.74) is 2.49. The van der Waals surface area contributed by atoms with Crippen LogP contribution in [0.5, 0.6) is 0 Å². The van der Waals surface area contributed by atoms with Gasteiger partial charge in [0.15, 0.2) is 0 Å². The predicted molar refractivity (Wildman–Crippen MR) is 87.8 cm³/mol. The zero-order chi connectivity index (χ0) is 17.4. The fourth-order valence-electron chi connectivity index (χ4n) is 3.37. The van der Waals surface area contributed by atoms with Crippen molar-refractivity contribution in [2.75, 3.05) is 6.61 Å². The Labute approximate surface area is 143 Å². The quantitative estimate of drug-likeness (QED) is 0.807. The maximum Gasteiger partial charge on any atom is 0.334 e. The summed E-state index contributed by atoms with van der Waals surface area (Å²) in [6.45, 7) is 0.229. The molecule has 1 heterocycles. The number of carbonyl (C=O) groups is 2. The molecule has 0 N–H and O–H groups in total. The molecular weight excluding hydrogens is 323 g/mol. The van der Waals surface area contributed by atoms with Gasteiger partial charge in [-0.25, -0.2) is 9.18 Å². The van der Waals surface area contributed by atoms with E-state index in [0.29, 0.717) is 16.7 Å². The summed E-state index contributed by atoms with van der Waals surface area (Å²) in [6.07, 6.45) is 1.68. The van der Waals surface area contributed by atoms with E-state index in [-0.39, 0.29) is 13.2 Å². The number of hydrogen-bond acceptors (Lipinski definition) is 4. The minimum atomic E-state index is -0.749. The number of carbonyl (C=O) groups excluding carboxylic acids is 2. The van der Waals surface area contributed by atoms with E-state index in [9.17, 15) is 14.0 Å². The van der Waals surface area contributed by atoms with Crippen LogP contribution in [-0.2, 0) is 25.7 Å². The Hall–Kier alpha value is -2.95. The highest BCUT2D eigenvalue weighted by molar-refractivity contribution is 6.00. The maximum absolute atomic E-state index is 13.7. The largest absolute Gasteiger partial charge is 0.462 e. The van der Waals surface area contributed by atoms with Gasteiger partial charge >= 0.3 is 11.9 Å². The summed E-state index contributed by atoms with van der Waals surface area (Å²) in [5, 5.41) is 0. The van der Waals surface area contributed by atoms with Gasteiger partial charge in [-0.2, -0.15) is 0 Å². The minimum Gasteiger partial charge on any atom is -0.462 e. The molecule has 2 aromatic carbocycles. The molecule has 0 saturated carbocycles. The number of esters is 2. The smallest absolute Gasteiger partial charge is 0.334 e. The van der Waals surface area contributed by atoms with Crippen molar-refractivity contribution in [3.05, 3.63) is 76.6 Å². The first-order valence-corrected chi connectivity index (χ1v) is 8.02. The van der Waals surface area contributed by atoms with Crippen LogP contribution in [0, 0.1) is 11.7 Å². The first-order valence-electron chi connectivity index (χ1n) is 8.02. The highest BCUT2D eigenvalue weighted by Crippen LogP contribution is 2.43. The predicted octanol–water partition coefficient (Wildman–Crippen LogP) is 3.22. The van der Waals surface area contributed by atoms with Crippen LogP contribution in [0.25, 0.3) is 6.08 Å². The zero-order valence-electron chi connectivity index (χ0n) is 13.3. The van der Waals surface area contributed by atoms with E-state index < -0.39 is 29.6 Å². The standard InChI is InChI=1S/C20H15FO4/c21-14-7-6-13-8-16-17(11-25-19(16)22)18(15(13)9-14)20(23)24-10-12-4-2-1-3-5-12/h1-9,17-18H,10-11H2/t17-,18-/m0/s1. The van der Waals surface area contributed by atoms with Crippen molar-refractivity contribution >= 4 is 18.0 Å². The van der Waals surface area contributed by atoms with Crippen molar-refractivity contribution < 1.29 is 23.5 Å². The molecule has 0 radical (unpaired) electrons. The summed E-state index contributed by atoms with van der Waals surface area (Å²) in [6, 6.07) is 13.5. The van der Waals surface area contributed by atoms with E-state index >= 15 is 0 Å². The Morgan fingerprint density at radius 3 is 2.80 bits per heavy atom. The van der Waals surface area contributed by atoms with Crippen LogP contribution in [0.2, 0.25) is 0 Å². The first kappa shape index (κ1) is 15.6. The van der Waals surface area contributed by atoms with Gasteiger partial charge in [0, 0.05) is 11.5 Å². The molecular formula is C20H15FO4. The second-order valence-corrected chi connectivity index (χ2v) is 6.15. The summed E-state index contributed by atoms with van der Waals surface area (Å²) in [4.78, 5) is 24.7. The second-order valence-electron chi connectivity index (χ2n) is 6.15. The molecule has 1 saturated heterocycles. The molecule has 2 aromatic rings. The van der Waals surface area contributed by atoms with Gasteiger partial charge in [0.25, 0.3) is 0 Å². The highest BCUT2D eigenvalue weighted by atomic mass is 19.1. The topological polar surface area (TPSA) is 52.6 Å². The second kappa shape index (κ2) is 6.16. The number of fused-ring (bicyclic) bond motifs is 2. The van der Waals surface area contributed by atoms with Crippen LogP contribution >= 0.6 is 0 Å². The molecule has 1 fully saturated rings. The lowest BCUT2D eigenvalue weighted by Gasteiger charge is -2.26. The third kappa shape index (κ3) is 2.82. The van der Waals surface area contributed by atoms with Gasteiger partial charge in [-0.05, 0) is 34.9 Å². The molecule has 2 atom stereocenters. The van der Waals surface area contributed by atoms with E-state index in [2.05, 4.69) is 0 Å². The molecule has 126 valence electrons. The van der Waals surface area contributed by atoms with Crippen LogP contribution < -0.4 is 0 Å². The summed E-state index contributed by atoms with van der Waals surface area (Å²) < 4.78 is 24.3. The first-order chi connectivity index (χ1) is 12.1. The molecule has 0 aromatic heterocycles. The molecule has 2 aliphatic rings. The number of cyclic esters (lactones) is 1. The van der Waals surface area contributed by atoms with Crippen molar-refractivity contribution in [1.29, 1.82) is 0 Å².